The van der Waals surface area contributed by atoms with Crippen molar-refractivity contribution < 1.29 is 4.79 Å². The molecule has 0 radical (unpaired) electrons. The summed E-state index contributed by atoms with van der Waals surface area (Å²) in [6.45, 7) is 1.77. The van der Waals surface area contributed by atoms with Gasteiger partial charge < -0.3 is 10.6 Å². The van der Waals surface area contributed by atoms with E-state index in [1.54, 1.807) is 5.38 Å². The number of anilines is 1. The predicted octanol–water partition coefficient (Wildman–Crippen LogP) is 2.91. The van der Waals surface area contributed by atoms with Gasteiger partial charge in [0.1, 0.15) is 5.69 Å². The van der Waals surface area contributed by atoms with E-state index < -0.39 is 0 Å². The molecule has 4 nitrogen and oxygen atoms in total. The summed E-state index contributed by atoms with van der Waals surface area (Å²) in [5.41, 5.74) is 6.65. The lowest BCUT2D eigenvalue weighted by atomic mass is 9.68. The Bertz CT molecular complexity index is 455. The third-order valence-corrected chi connectivity index (χ3v) is 5.44. The maximum Gasteiger partial charge on any atom is 0.273 e. The Balaban J connectivity index is 1.62. The number of hydrogen-bond donors (Lipinski definition) is 1. The SMILES string of the molecule is Nc1nc(C(=O)N2CCC3(CCCCC3)CC2)cs1. The third kappa shape index (κ3) is 2.61. The van der Waals surface area contributed by atoms with Crippen LogP contribution in [-0.4, -0.2) is 28.9 Å². The molecule has 5 heteroatoms. The number of nitrogens with two attached hydrogens (primary N) is 1. The van der Waals surface area contributed by atoms with Crippen molar-refractivity contribution in [3.05, 3.63) is 11.1 Å². The number of rotatable bonds is 1. The molecule has 0 aromatic carbocycles. The highest BCUT2D eigenvalue weighted by Gasteiger charge is 2.37. The summed E-state index contributed by atoms with van der Waals surface area (Å²) in [4.78, 5) is 18.3. The second kappa shape index (κ2) is 5.12. The molecule has 1 aliphatic heterocycles. The number of nitrogen functional groups attached to an aromatic ring is 1. The largest absolute Gasteiger partial charge is 0.375 e. The van der Waals surface area contributed by atoms with E-state index in [0.29, 0.717) is 16.2 Å². The van der Waals surface area contributed by atoms with Crippen LogP contribution in [0.2, 0.25) is 0 Å². The number of carbonyl (C=O) groups excluding carboxylic acids is 1. The van der Waals surface area contributed by atoms with Gasteiger partial charge in [0.15, 0.2) is 5.13 Å². The lowest BCUT2D eigenvalue weighted by Crippen LogP contribution is -2.44. The van der Waals surface area contributed by atoms with E-state index in [1.807, 2.05) is 4.90 Å². The summed E-state index contributed by atoms with van der Waals surface area (Å²) in [5.74, 6) is 0.0543. The first-order chi connectivity index (χ1) is 9.19. The van der Waals surface area contributed by atoms with Crippen molar-refractivity contribution in [2.75, 3.05) is 18.8 Å². The van der Waals surface area contributed by atoms with Gasteiger partial charge in [0.25, 0.3) is 5.91 Å². The van der Waals surface area contributed by atoms with E-state index in [0.717, 1.165) is 13.1 Å². The van der Waals surface area contributed by atoms with Crippen molar-refractivity contribution in [3.63, 3.8) is 0 Å². The van der Waals surface area contributed by atoms with Crippen LogP contribution < -0.4 is 5.73 Å². The van der Waals surface area contributed by atoms with Gasteiger partial charge in [-0.1, -0.05) is 19.3 Å². The first-order valence-corrected chi connectivity index (χ1v) is 8.07. The Morgan fingerprint density at radius 1 is 1.21 bits per heavy atom. The molecule has 0 unspecified atom stereocenters. The Morgan fingerprint density at radius 2 is 1.89 bits per heavy atom. The summed E-state index contributed by atoms with van der Waals surface area (Å²) < 4.78 is 0. The molecule has 2 aliphatic rings. The van der Waals surface area contributed by atoms with Gasteiger partial charge in [-0.3, -0.25) is 4.79 Å². The zero-order chi connectivity index (χ0) is 13.3. The molecule has 104 valence electrons. The standard InChI is InChI=1S/C14H21N3OS/c15-13-16-11(10-19-13)12(18)17-8-6-14(7-9-17)4-2-1-3-5-14/h10H,1-9H2,(H2,15,16). The highest BCUT2D eigenvalue weighted by atomic mass is 32.1. The first-order valence-electron chi connectivity index (χ1n) is 7.19. The number of carbonyl (C=O) groups is 1. The average molecular weight is 279 g/mol. The highest BCUT2D eigenvalue weighted by molar-refractivity contribution is 7.13. The average Bonchev–Trinajstić information content (AvgIpc) is 2.87. The van der Waals surface area contributed by atoms with E-state index in [9.17, 15) is 4.79 Å². The molecule has 1 amide bonds. The van der Waals surface area contributed by atoms with Gasteiger partial charge in [-0.05, 0) is 31.1 Å². The fourth-order valence-electron chi connectivity index (χ4n) is 3.53. The molecule has 0 atom stereocenters. The summed E-state index contributed by atoms with van der Waals surface area (Å²) in [6.07, 6.45) is 9.18. The van der Waals surface area contributed by atoms with E-state index >= 15 is 0 Å². The van der Waals surface area contributed by atoms with Crippen LogP contribution in [0.25, 0.3) is 0 Å². The molecule has 2 N–H and O–H groups in total. The maximum absolute atomic E-state index is 12.3. The van der Waals surface area contributed by atoms with Crippen LogP contribution >= 0.6 is 11.3 Å². The van der Waals surface area contributed by atoms with Gasteiger partial charge in [-0.15, -0.1) is 11.3 Å². The lowest BCUT2D eigenvalue weighted by Gasteiger charge is -2.44. The van der Waals surface area contributed by atoms with Crippen LogP contribution in [-0.2, 0) is 0 Å². The second-order valence-corrected chi connectivity index (χ2v) is 6.81. The van der Waals surface area contributed by atoms with Gasteiger partial charge in [0, 0.05) is 18.5 Å². The van der Waals surface area contributed by atoms with Crippen LogP contribution in [0.4, 0.5) is 5.13 Å². The van der Waals surface area contributed by atoms with Crippen LogP contribution in [0.1, 0.15) is 55.4 Å². The Hall–Kier alpha value is -1.10. The number of piperidine rings is 1. The maximum atomic E-state index is 12.3. The molecule has 0 bridgehead atoms. The minimum Gasteiger partial charge on any atom is -0.375 e. The highest BCUT2D eigenvalue weighted by Crippen LogP contribution is 2.44. The molecule has 1 aliphatic carbocycles. The molecule has 1 aromatic heterocycles. The Labute approximate surface area is 118 Å². The van der Waals surface area contributed by atoms with Crippen molar-refractivity contribution in [2.45, 2.75) is 44.9 Å². The number of aromatic nitrogens is 1. The predicted molar refractivity (Wildman–Crippen MR) is 77.2 cm³/mol. The molecule has 3 rings (SSSR count). The number of nitrogens with zero attached hydrogens (tertiary/aromatic N) is 2. The smallest absolute Gasteiger partial charge is 0.273 e. The van der Waals surface area contributed by atoms with Crippen molar-refractivity contribution in [2.24, 2.45) is 5.41 Å². The number of likely N-dealkylation sites (tertiary alicyclic amines) is 1. The van der Waals surface area contributed by atoms with E-state index in [2.05, 4.69) is 4.98 Å². The first kappa shape index (κ1) is 12.9. The number of hydrogen-bond acceptors (Lipinski definition) is 4. The minimum atomic E-state index is 0.0543. The fourth-order valence-corrected chi connectivity index (χ4v) is 4.07. The van der Waals surface area contributed by atoms with Crippen LogP contribution in [0.5, 0.6) is 0 Å². The topological polar surface area (TPSA) is 59.2 Å². The van der Waals surface area contributed by atoms with E-state index in [4.69, 9.17) is 5.73 Å². The summed E-state index contributed by atoms with van der Waals surface area (Å²) in [7, 11) is 0. The summed E-state index contributed by atoms with van der Waals surface area (Å²) >= 11 is 1.34. The lowest BCUT2D eigenvalue weighted by molar-refractivity contribution is 0.0468. The number of thiazole rings is 1. The van der Waals surface area contributed by atoms with Gasteiger partial charge in [0.2, 0.25) is 0 Å². The third-order valence-electron chi connectivity index (χ3n) is 4.77. The van der Waals surface area contributed by atoms with Crippen molar-refractivity contribution in [1.29, 1.82) is 0 Å². The van der Waals surface area contributed by atoms with Crippen molar-refractivity contribution in [3.8, 4) is 0 Å². The normalized spacial score (nSPS) is 22.6. The van der Waals surface area contributed by atoms with Crippen LogP contribution in [0.15, 0.2) is 5.38 Å². The molecule has 1 saturated carbocycles. The molecule has 19 heavy (non-hydrogen) atoms. The molecule has 1 saturated heterocycles. The van der Waals surface area contributed by atoms with E-state index in [-0.39, 0.29) is 5.91 Å². The van der Waals surface area contributed by atoms with E-state index in [1.165, 1.54) is 56.3 Å². The molecule has 2 fully saturated rings. The number of amides is 1. The van der Waals surface area contributed by atoms with Crippen molar-refractivity contribution >= 4 is 22.4 Å². The Kier molecular flexibility index (Phi) is 3.48. The van der Waals surface area contributed by atoms with Crippen LogP contribution in [0, 0.1) is 5.41 Å². The second-order valence-electron chi connectivity index (χ2n) is 5.92. The summed E-state index contributed by atoms with van der Waals surface area (Å²) in [5, 5.41) is 2.24. The van der Waals surface area contributed by atoms with Gasteiger partial charge in [-0.2, -0.15) is 0 Å². The zero-order valence-electron chi connectivity index (χ0n) is 11.2. The minimum absolute atomic E-state index is 0.0543. The quantitative estimate of drug-likeness (QED) is 0.860. The van der Waals surface area contributed by atoms with Gasteiger partial charge in [-0.25, -0.2) is 4.98 Å². The monoisotopic (exact) mass is 279 g/mol. The molecule has 2 heterocycles. The fraction of sp³-hybridized carbons (Fsp3) is 0.714. The van der Waals surface area contributed by atoms with Gasteiger partial charge >= 0.3 is 0 Å². The van der Waals surface area contributed by atoms with Gasteiger partial charge in [0.05, 0.1) is 0 Å². The Morgan fingerprint density at radius 3 is 2.47 bits per heavy atom. The molecule has 1 aromatic rings. The zero-order valence-corrected chi connectivity index (χ0v) is 12.0. The summed E-state index contributed by atoms with van der Waals surface area (Å²) in [6, 6.07) is 0. The molecule has 1 spiro atoms. The molecular formula is C14H21N3OS. The van der Waals surface area contributed by atoms with Crippen LogP contribution in [0.3, 0.4) is 0 Å². The molecular weight excluding hydrogens is 258 g/mol. The van der Waals surface area contributed by atoms with Crippen molar-refractivity contribution in [1.82, 2.24) is 9.88 Å².